The van der Waals surface area contributed by atoms with Gasteiger partial charge in [-0.15, -0.1) is 0 Å². The Morgan fingerprint density at radius 1 is 1.24 bits per heavy atom. The van der Waals surface area contributed by atoms with Crippen molar-refractivity contribution in [2.24, 2.45) is 0 Å². The number of rotatable bonds is 1. The molecule has 0 aliphatic carbocycles. The number of hydrogen-bond acceptors (Lipinski definition) is 3. The molecule has 1 amide bonds. The number of nitrogens with zero attached hydrogens (tertiary/aromatic N) is 2. The van der Waals surface area contributed by atoms with Gasteiger partial charge >= 0.3 is 0 Å². The molecule has 1 aliphatic rings. The van der Waals surface area contributed by atoms with Crippen LogP contribution in [0.2, 0.25) is 0 Å². The Balaban J connectivity index is 1.90. The van der Waals surface area contributed by atoms with Gasteiger partial charge in [0.25, 0.3) is 5.91 Å². The normalized spacial score (nSPS) is 23.0. The van der Waals surface area contributed by atoms with Crippen LogP contribution in [-0.2, 0) is 0 Å². The molecule has 0 radical (unpaired) electrons. The minimum atomic E-state index is -0.657. The van der Waals surface area contributed by atoms with Crippen LogP contribution in [0.15, 0.2) is 36.5 Å². The maximum absolute atomic E-state index is 12.8. The van der Waals surface area contributed by atoms with Gasteiger partial charge in [0.2, 0.25) is 0 Å². The maximum atomic E-state index is 12.8. The maximum Gasteiger partial charge on any atom is 0.254 e. The lowest BCUT2D eigenvalue weighted by Gasteiger charge is -2.23. The zero-order chi connectivity index (χ0) is 14.9. The Hall–Kier alpha value is -1.94. The molecule has 2 aromatic rings. The van der Waals surface area contributed by atoms with Crippen molar-refractivity contribution in [3.8, 4) is 0 Å². The van der Waals surface area contributed by atoms with E-state index in [1.54, 1.807) is 6.20 Å². The van der Waals surface area contributed by atoms with Crippen LogP contribution in [0.5, 0.6) is 0 Å². The third-order valence-electron chi connectivity index (χ3n) is 4.23. The molecule has 1 atom stereocenters. The Bertz CT molecular complexity index is 661. The molecule has 0 bridgehead atoms. The summed E-state index contributed by atoms with van der Waals surface area (Å²) in [5, 5.41) is 11.0. The molecule has 0 saturated carbocycles. The first-order valence-electron chi connectivity index (χ1n) is 7.42. The van der Waals surface area contributed by atoms with Gasteiger partial charge in [-0.3, -0.25) is 9.78 Å². The highest BCUT2D eigenvalue weighted by Gasteiger charge is 2.27. The predicted molar refractivity (Wildman–Crippen MR) is 82.1 cm³/mol. The summed E-state index contributed by atoms with van der Waals surface area (Å²) in [6.45, 7) is 3.15. The first-order chi connectivity index (χ1) is 10.1. The minimum Gasteiger partial charge on any atom is -0.390 e. The fourth-order valence-corrected chi connectivity index (χ4v) is 2.93. The van der Waals surface area contributed by atoms with Crippen LogP contribution in [-0.4, -0.2) is 39.6 Å². The van der Waals surface area contributed by atoms with E-state index in [9.17, 15) is 9.90 Å². The number of amides is 1. The van der Waals surface area contributed by atoms with Gasteiger partial charge in [-0.1, -0.05) is 12.1 Å². The summed E-state index contributed by atoms with van der Waals surface area (Å²) in [7, 11) is 0. The van der Waals surface area contributed by atoms with Crippen molar-refractivity contribution >= 4 is 16.8 Å². The average molecular weight is 284 g/mol. The molecule has 0 spiro atoms. The van der Waals surface area contributed by atoms with Crippen molar-refractivity contribution in [1.82, 2.24) is 9.88 Å². The van der Waals surface area contributed by atoms with E-state index in [1.165, 1.54) is 0 Å². The molecule has 1 saturated heterocycles. The van der Waals surface area contributed by atoms with E-state index in [2.05, 4.69) is 4.98 Å². The van der Waals surface area contributed by atoms with E-state index in [0.717, 1.165) is 23.7 Å². The molecule has 1 aromatic heterocycles. The second-order valence-corrected chi connectivity index (χ2v) is 6.02. The van der Waals surface area contributed by atoms with Gasteiger partial charge in [0.15, 0.2) is 0 Å². The number of likely N-dealkylation sites (tertiary alicyclic amines) is 1. The molecule has 1 N–H and O–H groups in total. The highest BCUT2D eigenvalue weighted by Crippen LogP contribution is 2.24. The lowest BCUT2D eigenvalue weighted by atomic mass is 9.98. The highest BCUT2D eigenvalue weighted by atomic mass is 16.3. The van der Waals surface area contributed by atoms with Gasteiger partial charge in [0, 0.05) is 30.2 Å². The van der Waals surface area contributed by atoms with Gasteiger partial charge in [-0.05, 0) is 44.4 Å². The molecule has 1 aliphatic heterocycles. The van der Waals surface area contributed by atoms with Gasteiger partial charge in [-0.2, -0.15) is 0 Å². The molecule has 3 rings (SSSR count). The summed E-state index contributed by atoms with van der Waals surface area (Å²) in [4.78, 5) is 18.9. The molecule has 21 heavy (non-hydrogen) atoms. The Labute approximate surface area is 124 Å². The van der Waals surface area contributed by atoms with Crippen LogP contribution in [0.3, 0.4) is 0 Å². The van der Waals surface area contributed by atoms with E-state index in [-0.39, 0.29) is 5.91 Å². The molecule has 1 fully saturated rings. The van der Waals surface area contributed by atoms with Crippen LogP contribution in [0.1, 0.15) is 36.5 Å². The number of fused-ring (bicyclic) bond motifs is 1. The number of aromatic nitrogens is 1. The van der Waals surface area contributed by atoms with E-state index >= 15 is 0 Å². The monoisotopic (exact) mass is 284 g/mol. The van der Waals surface area contributed by atoms with Crippen molar-refractivity contribution in [2.45, 2.75) is 31.8 Å². The lowest BCUT2D eigenvalue weighted by Crippen LogP contribution is -2.33. The van der Waals surface area contributed by atoms with Crippen LogP contribution in [0.25, 0.3) is 10.9 Å². The smallest absolute Gasteiger partial charge is 0.254 e. The van der Waals surface area contributed by atoms with Crippen LogP contribution < -0.4 is 0 Å². The van der Waals surface area contributed by atoms with E-state index in [4.69, 9.17) is 0 Å². The van der Waals surface area contributed by atoms with Gasteiger partial charge in [0.1, 0.15) is 0 Å². The summed E-state index contributed by atoms with van der Waals surface area (Å²) < 4.78 is 0. The number of carbonyl (C=O) groups is 1. The Morgan fingerprint density at radius 3 is 2.95 bits per heavy atom. The SMILES string of the molecule is CC1(O)CCCN(C(=O)c2cccc3ncccc23)CC1. The predicted octanol–water partition coefficient (Wildman–Crippen LogP) is 2.61. The number of pyridine rings is 1. The molecule has 1 aromatic carbocycles. The summed E-state index contributed by atoms with van der Waals surface area (Å²) in [5.74, 6) is 0.0336. The quantitative estimate of drug-likeness (QED) is 0.875. The van der Waals surface area contributed by atoms with Crippen molar-refractivity contribution in [1.29, 1.82) is 0 Å². The van der Waals surface area contributed by atoms with Crippen LogP contribution >= 0.6 is 0 Å². The fourth-order valence-electron chi connectivity index (χ4n) is 2.93. The Morgan fingerprint density at radius 2 is 2.10 bits per heavy atom. The molecule has 4 heteroatoms. The molecule has 1 unspecified atom stereocenters. The first-order valence-corrected chi connectivity index (χ1v) is 7.42. The third kappa shape index (κ3) is 2.90. The third-order valence-corrected chi connectivity index (χ3v) is 4.23. The molecule has 4 nitrogen and oxygen atoms in total. The number of carbonyl (C=O) groups excluding carboxylic acids is 1. The van der Waals surface area contributed by atoms with Crippen molar-refractivity contribution in [2.75, 3.05) is 13.1 Å². The molecule has 2 heterocycles. The second kappa shape index (κ2) is 5.45. The number of benzene rings is 1. The second-order valence-electron chi connectivity index (χ2n) is 6.02. The van der Waals surface area contributed by atoms with Gasteiger partial charge in [0.05, 0.1) is 11.1 Å². The standard InChI is InChI=1S/C17H20N2O2/c1-17(21)8-4-11-19(12-9-17)16(20)14-5-2-7-15-13(14)6-3-10-18-15/h2-3,5-7,10,21H,4,8-9,11-12H2,1H3. The Kier molecular flexibility index (Phi) is 3.64. The topological polar surface area (TPSA) is 53.4 Å². The molecule has 110 valence electrons. The van der Waals surface area contributed by atoms with Crippen molar-refractivity contribution < 1.29 is 9.90 Å². The van der Waals surface area contributed by atoms with E-state index < -0.39 is 5.60 Å². The summed E-state index contributed by atoms with van der Waals surface area (Å²) in [6.07, 6.45) is 3.94. The summed E-state index contributed by atoms with van der Waals surface area (Å²) in [6, 6.07) is 9.43. The largest absolute Gasteiger partial charge is 0.390 e. The fraction of sp³-hybridized carbons (Fsp3) is 0.412. The van der Waals surface area contributed by atoms with Crippen molar-refractivity contribution in [3.63, 3.8) is 0 Å². The highest BCUT2D eigenvalue weighted by molar-refractivity contribution is 6.06. The minimum absolute atomic E-state index is 0.0336. The molecular weight excluding hydrogens is 264 g/mol. The van der Waals surface area contributed by atoms with E-state index in [0.29, 0.717) is 25.1 Å². The number of aliphatic hydroxyl groups is 1. The number of hydrogen-bond donors (Lipinski definition) is 1. The van der Waals surface area contributed by atoms with Crippen LogP contribution in [0, 0.1) is 0 Å². The van der Waals surface area contributed by atoms with Gasteiger partial charge in [-0.25, -0.2) is 0 Å². The van der Waals surface area contributed by atoms with Crippen molar-refractivity contribution in [3.05, 3.63) is 42.1 Å². The van der Waals surface area contributed by atoms with Crippen LogP contribution in [0.4, 0.5) is 0 Å². The van der Waals surface area contributed by atoms with E-state index in [1.807, 2.05) is 42.2 Å². The van der Waals surface area contributed by atoms with Gasteiger partial charge < -0.3 is 10.0 Å². The zero-order valence-corrected chi connectivity index (χ0v) is 12.2. The zero-order valence-electron chi connectivity index (χ0n) is 12.2. The summed E-state index contributed by atoms with van der Waals surface area (Å²) in [5.41, 5.74) is 0.877. The average Bonchev–Trinajstić information content (AvgIpc) is 2.67. The first kappa shape index (κ1) is 14.0. The molecular formula is C17H20N2O2. The lowest BCUT2D eigenvalue weighted by molar-refractivity contribution is 0.0438. The summed E-state index contributed by atoms with van der Waals surface area (Å²) >= 11 is 0.